The van der Waals surface area contributed by atoms with Gasteiger partial charge in [-0.2, -0.15) is 0 Å². The maximum Gasteiger partial charge on any atom is 0.262 e. The van der Waals surface area contributed by atoms with Crippen molar-refractivity contribution in [2.24, 2.45) is 0 Å². The molecule has 0 unspecified atom stereocenters. The fourth-order valence-electron chi connectivity index (χ4n) is 1.77. The van der Waals surface area contributed by atoms with Crippen LogP contribution in [0.3, 0.4) is 0 Å². The van der Waals surface area contributed by atoms with E-state index in [2.05, 4.69) is 20.7 Å². The Labute approximate surface area is 126 Å². The van der Waals surface area contributed by atoms with E-state index in [1.807, 2.05) is 6.92 Å². The summed E-state index contributed by atoms with van der Waals surface area (Å²) in [7, 11) is -3.82. The molecule has 2 aromatic carbocycles. The van der Waals surface area contributed by atoms with Gasteiger partial charge in [0.05, 0.1) is 10.6 Å². The van der Waals surface area contributed by atoms with Crippen LogP contribution >= 0.6 is 15.9 Å². The molecule has 0 atom stereocenters. The molecule has 0 saturated carbocycles. The maximum atomic E-state index is 13.2. The van der Waals surface area contributed by atoms with Gasteiger partial charge in [0.15, 0.2) is 0 Å². The first kappa shape index (κ1) is 15.0. The Hall–Kier alpha value is -1.40. The Morgan fingerprint density at radius 3 is 2.45 bits per heavy atom. The predicted molar refractivity (Wildman–Crippen MR) is 80.8 cm³/mol. The molecule has 0 aliphatic heterocycles. The highest BCUT2D eigenvalue weighted by atomic mass is 79.9. The molecule has 106 valence electrons. The largest absolute Gasteiger partial charge is 0.278 e. The Bertz CT molecular complexity index is 760. The molecule has 1 N–H and O–H groups in total. The van der Waals surface area contributed by atoms with Crippen LogP contribution in [-0.4, -0.2) is 8.42 Å². The molecule has 6 heteroatoms. The summed E-state index contributed by atoms with van der Waals surface area (Å²) >= 11 is 3.30. The summed E-state index contributed by atoms with van der Waals surface area (Å²) in [6.45, 7) is 3.53. The standard InChI is InChI=1S/C14H13BrFNO2S/c1-9-3-6-13(12(15)7-9)17-20(18,19)14-8-11(16)5-4-10(14)2/h3-8,17H,1-2H3. The summed E-state index contributed by atoms with van der Waals surface area (Å²) in [5.41, 5.74) is 1.91. The topological polar surface area (TPSA) is 46.2 Å². The zero-order chi connectivity index (χ0) is 14.9. The number of rotatable bonds is 3. The van der Waals surface area contributed by atoms with Gasteiger partial charge in [-0.05, 0) is 65.2 Å². The first-order valence-electron chi connectivity index (χ1n) is 5.85. The highest BCUT2D eigenvalue weighted by Crippen LogP contribution is 2.27. The molecule has 0 heterocycles. The maximum absolute atomic E-state index is 13.2. The summed E-state index contributed by atoms with van der Waals surface area (Å²) in [5.74, 6) is -0.584. The van der Waals surface area contributed by atoms with E-state index in [1.54, 1.807) is 25.1 Å². The second kappa shape index (κ2) is 5.54. The minimum Gasteiger partial charge on any atom is -0.278 e. The smallest absolute Gasteiger partial charge is 0.262 e. The third kappa shape index (κ3) is 3.19. The molecule has 0 radical (unpaired) electrons. The molecule has 2 rings (SSSR count). The fraction of sp³-hybridized carbons (Fsp3) is 0.143. The number of benzene rings is 2. The van der Waals surface area contributed by atoms with Gasteiger partial charge >= 0.3 is 0 Å². The summed E-state index contributed by atoms with van der Waals surface area (Å²) in [5, 5.41) is 0. The number of nitrogens with one attached hydrogen (secondary N) is 1. The highest BCUT2D eigenvalue weighted by Gasteiger charge is 2.18. The van der Waals surface area contributed by atoms with Gasteiger partial charge in [-0.3, -0.25) is 4.72 Å². The van der Waals surface area contributed by atoms with Crippen molar-refractivity contribution in [2.75, 3.05) is 4.72 Å². The molecule has 0 bridgehead atoms. The molecule has 2 aromatic rings. The quantitative estimate of drug-likeness (QED) is 0.901. The lowest BCUT2D eigenvalue weighted by Crippen LogP contribution is -2.15. The average Bonchev–Trinajstić information content (AvgIpc) is 2.35. The monoisotopic (exact) mass is 357 g/mol. The van der Waals surface area contributed by atoms with Gasteiger partial charge in [0, 0.05) is 4.47 Å². The molecular weight excluding hydrogens is 345 g/mol. The van der Waals surface area contributed by atoms with Crippen LogP contribution in [0.5, 0.6) is 0 Å². The molecule has 0 aromatic heterocycles. The minimum atomic E-state index is -3.82. The van der Waals surface area contributed by atoms with Crippen molar-refractivity contribution in [3.8, 4) is 0 Å². The Kier molecular flexibility index (Phi) is 4.15. The zero-order valence-corrected chi connectivity index (χ0v) is 13.3. The predicted octanol–water partition coefficient (Wildman–Crippen LogP) is 4.01. The van der Waals surface area contributed by atoms with Gasteiger partial charge in [-0.15, -0.1) is 0 Å². The first-order chi connectivity index (χ1) is 9.29. The van der Waals surface area contributed by atoms with Gasteiger partial charge in [-0.25, -0.2) is 12.8 Å². The van der Waals surface area contributed by atoms with E-state index in [9.17, 15) is 12.8 Å². The van der Waals surface area contributed by atoms with Crippen LogP contribution < -0.4 is 4.72 Å². The van der Waals surface area contributed by atoms with Gasteiger partial charge in [0.1, 0.15) is 5.82 Å². The second-order valence-electron chi connectivity index (χ2n) is 4.50. The van der Waals surface area contributed by atoms with E-state index < -0.39 is 15.8 Å². The van der Waals surface area contributed by atoms with Crippen molar-refractivity contribution in [1.29, 1.82) is 0 Å². The average molecular weight is 358 g/mol. The Morgan fingerprint density at radius 2 is 1.80 bits per heavy atom. The van der Waals surface area contributed by atoms with Crippen molar-refractivity contribution in [3.63, 3.8) is 0 Å². The molecule has 0 aliphatic rings. The lowest BCUT2D eigenvalue weighted by atomic mass is 10.2. The van der Waals surface area contributed by atoms with Crippen molar-refractivity contribution in [1.82, 2.24) is 0 Å². The number of aryl methyl sites for hydroxylation is 2. The van der Waals surface area contributed by atoms with Crippen LogP contribution in [-0.2, 0) is 10.0 Å². The lowest BCUT2D eigenvalue weighted by Gasteiger charge is -2.12. The van der Waals surface area contributed by atoms with Gasteiger partial charge in [0.25, 0.3) is 10.0 Å². The van der Waals surface area contributed by atoms with Crippen molar-refractivity contribution < 1.29 is 12.8 Å². The van der Waals surface area contributed by atoms with E-state index in [-0.39, 0.29) is 4.90 Å². The molecule has 20 heavy (non-hydrogen) atoms. The van der Waals surface area contributed by atoms with Gasteiger partial charge in [-0.1, -0.05) is 12.1 Å². The van der Waals surface area contributed by atoms with E-state index >= 15 is 0 Å². The van der Waals surface area contributed by atoms with Crippen molar-refractivity contribution in [2.45, 2.75) is 18.7 Å². The zero-order valence-electron chi connectivity index (χ0n) is 10.9. The van der Waals surface area contributed by atoms with Crippen LogP contribution in [0.15, 0.2) is 45.8 Å². The molecule has 0 aliphatic carbocycles. The minimum absolute atomic E-state index is 0.0648. The van der Waals surface area contributed by atoms with Crippen LogP contribution in [0.1, 0.15) is 11.1 Å². The number of hydrogen-bond acceptors (Lipinski definition) is 2. The van der Waals surface area contributed by atoms with Crippen LogP contribution in [0.25, 0.3) is 0 Å². The van der Waals surface area contributed by atoms with Crippen LogP contribution in [0.2, 0.25) is 0 Å². The van der Waals surface area contributed by atoms with Crippen molar-refractivity contribution in [3.05, 3.63) is 57.8 Å². The first-order valence-corrected chi connectivity index (χ1v) is 8.12. The number of hydrogen-bond donors (Lipinski definition) is 1. The summed E-state index contributed by atoms with van der Waals surface area (Å²) in [6, 6.07) is 8.94. The Balaban J connectivity index is 2.43. The normalized spacial score (nSPS) is 11.4. The van der Waals surface area contributed by atoms with Crippen LogP contribution in [0.4, 0.5) is 10.1 Å². The fourth-order valence-corrected chi connectivity index (χ4v) is 3.83. The molecule has 0 fully saturated rings. The summed E-state index contributed by atoms with van der Waals surface area (Å²) in [6.07, 6.45) is 0. The number of sulfonamides is 1. The molecule has 0 spiro atoms. The van der Waals surface area contributed by atoms with Crippen LogP contribution in [0, 0.1) is 19.7 Å². The molecule has 0 saturated heterocycles. The number of halogens is 2. The van der Waals surface area contributed by atoms with E-state index in [0.717, 1.165) is 11.6 Å². The summed E-state index contributed by atoms with van der Waals surface area (Å²) in [4.78, 5) is -0.0648. The third-order valence-corrected chi connectivity index (χ3v) is 4.97. The van der Waals surface area contributed by atoms with Gasteiger partial charge in [0.2, 0.25) is 0 Å². The number of anilines is 1. The SMILES string of the molecule is Cc1ccc(NS(=O)(=O)c2cc(F)ccc2C)c(Br)c1. The third-order valence-electron chi connectivity index (χ3n) is 2.81. The second-order valence-corrected chi connectivity index (χ2v) is 7.00. The molecule has 3 nitrogen and oxygen atoms in total. The van der Waals surface area contributed by atoms with E-state index in [1.165, 1.54) is 12.1 Å². The van der Waals surface area contributed by atoms with E-state index in [0.29, 0.717) is 15.7 Å². The Morgan fingerprint density at radius 1 is 1.10 bits per heavy atom. The van der Waals surface area contributed by atoms with Gasteiger partial charge < -0.3 is 0 Å². The van der Waals surface area contributed by atoms with E-state index in [4.69, 9.17) is 0 Å². The lowest BCUT2D eigenvalue weighted by molar-refractivity contribution is 0.594. The summed E-state index contributed by atoms with van der Waals surface area (Å²) < 4.78 is 41.0. The molecule has 0 amide bonds. The highest BCUT2D eigenvalue weighted by molar-refractivity contribution is 9.10. The van der Waals surface area contributed by atoms with Crippen molar-refractivity contribution >= 4 is 31.6 Å². The molecular formula is C14H13BrFNO2S.